The van der Waals surface area contributed by atoms with Crippen molar-refractivity contribution in [3.63, 3.8) is 0 Å². The van der Waals surface area contributed by atoms with Crippen LogP contribution in [-0.2, 0) is 4.79 Å². The summed E-state index contributed by atoms with van der Waals surface area (Å²) in [5, 5.41) is -0.374. The van der Waals surface area contributed by atoms with Crippen molar-refractivity contribution in [3.05, 3.63) is 0 Å². The highest BCUT2D eigenvalue weighted by molar-refractivity contribution is 6.30. The number of piperidine rings is 1. The van der Waals surface area contributed by atoms with E-state index in [1.807, 2.05) is 4.90 Å². The van der Waals surface area contributed by atoms with Crippen LogP contribution in [0.15, 0.2) is 0 Å². The van der Waals surface area contributed by atoms with Crippen molar-refractivity contribution in [2.45, 2.75) is 39.0 Å². The quantitative estimate of drug-likeness (QED) is 0.651. The molecule has 14 heavy (non-hydrogen) atoms. The Hall–Kier alpha value is -0.240. The van der Waals surface area contributed by atoms with E-state index in [9.17, 15) is 4.79 Å². The second-order valence-corrected chi connectivity index (χ2v) is 5.20. The molecule has 0 saturated carbocycles. The van der Waals surface area contributed by atoms with Crippen molar-refractivity contribution in [3.8, 4) is 0 Å². The summed E-state index contributed by atoms with van der Waals surface area (Å²) in [6.07, 6.45) is 2.37. The van der Waals surface area contributed by atoms with E-state index in [-0.39, 0.29) is 11.3 Å². The van der Waals surface area contributed by atoms with Crippen LogP contribution in [-0.4, -0.2) is 29.3 Å². The first-order chi connectivity index (χ1) is 6.52. The van der Waals surface area contributed by atoms with Gasteiger partial charge in [0.15, 0.2) is 0 Å². The largest absolute Gasteiger partial charge is 0.341 e. The zero-order chi connectivity index (χ0) is 10.7. The van der Waals surface area contributed by atoms with E-state index in [1.165, 1.54) is 6.42 Å². The Morgan fingerprint density at radius 1 is 1.43 bits per heavy atom. The van der Waals surface area contributed by atoms with Crippen LogP contribution < -0.4 is 0 Å². The molecule has 1 amide bonds. The number of carbonyl (C=O) groups excluding carboxylic acids is 1. The Kier molecular flexibility index (Phi) is 4.24. The maximum atomic E-state index is 11.7. The van der Waals surface area contributed by atoms with Gasteiger partial charge in [0.1, 0.15) is 5.38 Å². The highest BCUT2D eigenvalue weighted by Crippen LogP contribution is 2.24. The van der Waals surface area contributed by atoms with Gasteiger partial charge in [-0.15, -0.1) is 11.6 Å². The maximum absolute atomic E-state index is 11.7. The van der Waals surface area contributed by atoms with Crippen LogP contribution in [0.1, 0.15) is 33.6 Å². The van der Waals surface area contributed by atoms with E-state index in [0.717, 1.165) is 19.5 Å². The summed E-state index contributed by atoms with van der Waals surface area (Å²) >= 11 is 5.80. The lowest BCUT2D eigenvalue weighted by Gasteiger charge is -2.35. The van der Waals surface area contributed by atoms with Gasteiger partial charge in [-0.2, -0.15) is 0 Å². The molecule has 1 saturated heterocycles. The molecule has 1 fully saturated rings. The Bertz CT molecular complexity index is 203. The molecule has 0 aliphatic carbocycles. The molecule has 1 aliphatic rings. The smallest absolute Gasteiger partial charge is 0.240 e. The molecule has 0 spiro atoms. The summed E-state index contributed by atoms with van der Waals surface area (Å²) in [5.74, 6) is 1.41. The number of hydrogen-bond acceptors (Lipinski definition) is 1. The van der Waals surface area contributed by atoms with Crippen LogP contribution in [0.3, 0.4) is 0 Å². The van der Waals surface area contributed by atoms with Crippen molar-refractivity contribution in [2.24, 2.45) is 11.8 Å². The Labute approximate surface area is 91.6 Å². The average molecular weight is 218 g/mol. The molecule has 0 aromatic rings. The zero-order valence-electron chi connectivity index (χ0n) is 9.29. The molecular weight excluding hydrogens is 198 g/mol. The summed E-state index contributed by atoms with van der Waals surface area (Å²) in [6.45, 7) is 7.99. The van der Waals surface area contributed by atoms with Crippen molar-refractivity contribution >= 4 is 17.5 Å². The summed E-state index contributed by atoms with van der Waals surface area (Å²) in [7, 11) is 0. The van der Waals surface area contributed by atoms with E-state index in [2.05, 4.69) is 13.8 Å². The third-order valence-corrected chi connectivity index (χ3v) is 3.24. The predicted molar refractivity (Wildman–Crippen MR) is 59.5 cm³/mol. The molecule has 0 aromatic heterocycles. The highest BCUT2D eigenvalue weighted by atomic mass is 35.5. The van der Waals surface area contributed by atoms with Crippen LogP contribution in [0, 0.1) is 11.8 Å². The number of nitrogens with zero attached hydrogens (tertiary/aromatic N) is 1. The number of hydrogen-bond donors (Lipinski definition) is 0. The number of amides is 1. The first kappa shape index (κ1) is 11.8. The Balaban J connectivity index is 2.51. The number of halogens is 1. The Morgan fingerprint density at radius 2 is 2.07 bits per heavy atom. The van der Waals surface area contributed by atoms with Crippen molar-refractivity contribution < 1.29 is 4.79 Å². The molecule has 0 N–H and O–H groups in total. The van der Waals surface area contributed by atoms with E-state index >= 15 is 0 Å². The predicted octanol–water partition coefficient (Wildman–Crippen LogP) is 2.51. The topological polar surface area (TPSA) is 20.3 Å². The van der Waals surface area contributed by atoms with E-state index < -0.39 is 0 Å². The lowest BCUT2D eigenvalue weighted by molar-refractivity contribution is -0.132. The molecule has 2 unspecified atom stereocenters. The molecule has 1 rings (SSSR count). The minimum absolute atomic E-state index is 0.0945. The van der Waals surface area contributed by atoms with E-state index in [4.69, 9.17) is 11.6 Å². The van der Waals surface area contributed by atoms with Gasteiger partial charge in [-0.1, -0.05) is 13.8 Å². The number of likely N-dealkylation sites (tertiary alicyclic amines) is 1. The van der Waals surface area contributed by atoms with Gasteiger partial charge in [0.2, 0.25) is 5.91 Å². The molecule has 0 aromatic carbocycles. The maximum Gasteiger partial charge on any atom is 0.240 e. The molecular formula is C11H20ClNO. The second-order valence-electron chi connectivity index (χ2n) is 4.55. The van der Waals surface area contributed by atoms with Crippen LogP contribution in [0.5, 0.6) is 0 Å². The van der Waals surface area contributed by atoms with Gasteiger partial charge in [-0.25, -0.2) is 0 Å². The summed E-state index contributed by atoms with van der Waals surface area (Å²) < 4.78 is 0. The van der Waals surface area contributed by atoms with Crippen molar-refractivity contribution in [2.75, 3.05) is 13.1 Å². The molecule has 2 nitrogen and oxygen atoms in total. The van der Waals surface area contributed by atoms with Gasteiger partial charge >= 0.3 is 0 Å². The van der Waals surface area contributed by atoms with Crippen molar-refractivity contribution in [1.82, 2.24) is 4.90 Å². The summed E-state index contributed by atoms with van der Waals surface area (Å²) in [5.41, 5.74) is 0. The molecule has 3 heteroatoms. The van der Waals surface area contributed by atoms with E-state index in [1.54, 1.807) is 6.92 Å². The van der Waals surface area contributed by atoms with Gasteiger partial charge in [0.05, 0.1) is 0 Å². The molecule has 1 aliphatic heterocycles. The van der Waals surface area contributed by atoms with Crippen LogP contribution in [0.25, 0.3) is 0 Å². The van der Waals surface area contributed by atoms with Gasteiger partial charge < -0.3 is 4.90 Å². The van der Waals surface area contributed by atoms with Gasteiger partial charge in [0, 0.05) is 13.1 Å². The minimum atomic E-state index is -0.374. The summed E-state index contributed by atoms with van der Waals surface area (Å²) in [6, 6.07) is 0. The Morgan fingerprint density at radius 3 is 2.57 bits per heavy atom. The second kappa shape index (κ2) is 5.01. The molecule has 1 heterocycles. The average Bonchev–Trinajstić information content (AvgIpc) is 2.16. The summed E-state index contributed by atoms with van der Waals surface area (Å²) in [4.78, 5) is 13.6. The SMILES string of the molecule is CC(Cl)C(=O)N1CCCC(C(C)C)C1. The fourth-order valence-corrected chi connectivity index (χ4v) is 2.14. The first-order valence-corrected chi connectivity index (χ1v) is 5.89. The number of carbonyl (C=O) groups is 1. The third kappa shape index (κ3) is 2.88. The van der Waals surface area contributed by atoms with Crippen LogP contribution >= 0.6 is 11.6 Å². The lowest BCUT2D eigenvalue weighted by Crippen LogP contribution is -2.44. The minimum Gasteiger partial charge on any atom is -0.341 e. The molecule has 0 radical (unpaired) electrons. The normalized spacial score (nSPS) is 25.2. The fraction of sp³-hybridized carbons (Fsp3) is 0.909. The third-order valence-electron chi connectivity index (χ3n) is 3.05. The molecule has 82 valence electrons. The number of rotatable bonds is 2. The standard InChI is InChI=1S/C11H20ClNO/c1-8(2)10-5-4-6-13(7-10)11(14)9(3)12/h8-10H,4-7H2,1-3H3. The number of alkyl halides is 1. The van der Waals surface area contributed by atoms with Crippen molar-refractivity contribution in [1.29, 1.82) is 0 Å². The van der Waals surface area contributed by atoms with Gasteiger partial charge in [0.25, 0.3) is 0 Å². The van der Waals surface area contributed by atoms with E-state index in [0.29, 0.717) is 11.8 Å². The van der Waals surface area contributed by atoms with Gasteiger partial charge in [-0.05, 0) is 31.6 Å². The molecule has 0 bridgehead atoms. The first-order valence-electron chi connectivity index (χ1n) is 5.45. The zero-order valence-corrected chi connectivity index (χ0v) is 10.0. The van der Waals surface area contributed by atoms with Crippen LogP contribution in [0.4, 0.5) is 0 Å². The highest BCUT2D eigenvalue weighted by Gasteiger charge is 2.27. The van der Waals surface area contributed by atoms with Gasteiger partial charge in [-0.3, -0.25) is 4.79 Å². The monoisotopic (exact) mass is 217 g/mol. The fourth-order valence-electron chi connectivity index (χ4n) is 2.01. The lowest BCUT2D eigenvalue weighted by atomic mass is 9.88. The van der Waals surface area contributed by atoms with Crippen LogP contribution in [0.2, 0.25) is 0 Å². The molecule has 2 atom stereocenters.